The second kappa shape index (κ2) is 16.6. The normalized spacial score (nSPS) is 21.8. The van der Waals surface area contributed by atoms with Crippen LogP contribution < -0.4 is 18.5 Å². The zero-order chi connectivity index (χ0) is 42.3. The van der Waals surface area contributed by atoms with E-state index in [-0.39, 0.29) is 64.8 Å². The molecule has 2 saturated heterocycles. The highest BCUT2D eigenvalue weighted by molar-refractivity contribution is 7.93. The number of likely N-dealkylation sites (N-methyl/N-ethyl adjacent to an activating group) is 1. The number of likely N-dealkylation sites (tertiary alicyclic amines) is 2. The summed E-state index contributed by atoms with van der Waals surface area (Å²) < 4.78 is 91.8. The van der Waals surface area contributed by atoms with Crippen LogP contribution >= 0.6 is 11.6 Å². The summed E-state index contributed by atoms with van der Waals surface area (Å²) in [5, 5.41) is 11.3. The first-order valence-corrected chi connectivity index (χ1v) is 20.2. The first kappa shape index (κ1) is 43.0. The lowest BCUT2D eigenvalue weighted by Crippen LogP contribution is -2.59. The predicted molar refractivity (Wildman–Crippen MR) is 204 cm³/mol. The summed E-state index contributed by atoms with van der Waals surface area (Å²) in [7, 11) is 0.204. The number of esters is 1. The van der Waals surface area contributed by atoms with Crippen LogP contribution in [0.5, 0.6) is 17.2 Å². The van der Waals surface area contributed by atoms with Crippen LogP contribution in [0.3, 0.4) is 0 Å². The predicted octanol–water partition coefficient (Wildman–Crippen LogP) is 4.53. The molecule has 0 bridgehead atoms. The fourth-order valence-electron chi connectivity index (χ4n) is 8.11. The summed E-state index contributed by atoms with van der Waals surface area (Å²) in [6.45, 7) is 3.13. The number of halogens is 4. The van der Waals surface area contributed by atoms with Crippen molar-refractivity contribution in [1.82, 2.24) is 14.7 Å². The number of β-amino-alcohol motifs (C(OH)–C–C–N with tert-alkyl or cyclic N) is 1. The minimum atomic E-state index is -5.34. The zero-order valence-electron chi connectivity index (χ0n) is 32.4. The largest absolute Gasteiger partial charge is 0.573 e. The van der Waals surface area contributed by atoms with Gasteiger partial charge in [-0.15, -0.1) is 13.2 Å². The highest BCUT2D eigenvalue weighted by Crippen LogP contribution is 2.55. The van der Waals surface area contributed by atoms with Crippen molar-refractivity contribution in [3.05, 3.63) is 76.3 Å². The van der Waals surface area contributed by atoms with E-state index >= 15 is 4.79 Å². The number of carbonyl (C=O) groups is 3. The van der Waals surface area contributed by atoms with Crippen LogP contribution in [0.25, 0.3) is 0 Å². The summed E-state index contributed by atoms with van der Waals surface area (Å²) in [6, 6.07) is 10.4. The van der Waals surface area contributed by atoms with Gasteiger partial charge in [0.25, 0.3) is 15.9 Å². The van der Waals surface area contributed by atoms with Crippen molar-refractivity contribution in [3.63, 3.8) is 0 Å². The van der Waals surface area contributed by atoms with Crippen molar-refractivity contribution in [3.8, 4) is 17.2 Å². The molecule has 1 unspecified atom stereocenters. The monoisotopic (exact) mass is 852 g/mol. The summed E-state index contributed by atoms with van der Waals surface area (Å²) >= 11 is 6.62. The maximum Gasteiger partial charge on any atom is 0.573 e. The van der Waals surface area contributed by atoms with Crippen molar-refractivity contribution in [2.24, 2.45) is 5.92 Å². The fourth-order valence-corrected chi connectivity index (χ4v) is 9.84. The molecule has 314 valence electrons. The quantitative estimate of drug-likeness (QED) is 0.255. The van der Waals surface area contributed by atoms with E-state index in [1.54, 1.807) is 25.1 Å². The minimum absolute atomic E-state index is 0.0308. The molecule has 3 aromatic carbocycles. The Morgan fingerprint density at radius 1 is 0.983 bits per heavy atom. The summed E-state index contributed by atoms with van der Waals surface area (Å²) in [4.78, 5) is 45.9. The number of benzene rings is 3. The number of nitrogens with zero attached hydrogens (tertiary/aromatic N) is 4. The van der Waals surface area contributed by atoms with Gasteiger partial charge in [-0.2, -0.15) is 0 Å². The number of amides is 2. The standard InChI is InChI=1S/C39H44ClF3N4O10S/c1-6-56-36(50)24-13-15-45(16-14-24)21-23-7-11-32(55-5)29(17-23)38(46-22-26(48)19-31(46)35(49)44(2)3)28-18-25(40)8-10-30(28)47(37(38)51)58(52,53)34-12-9-27(54-4)20-33(34)57-39(41,42)43/h7-12,17-18,20,24,26,31,48H,6,13-16,19,21-22H2,1-5H3/t26-,31+,38?/m1/s1. The molecule has 1 N–H and O–H groups in total. The third-order valence-electron chi connectivity index (χ3n) is 10.7. The molecule has 2 amide bonds. The van der Waals surface area contributed by atoms with E-state index in [0.717, 1.165) is 18.2 Å². The average Bonchev–Trinajstić information content (AvgIpc) is 3.68. The molecule has 0 radical (unpaired) electrons. The third kappa shape index (κ3) is 7.91. The number of rotatable bonds is 12. The first-order chi connectivity index (χ1) is 27.4. The number of aliphatic hydroxyl groups is 1. The van der Waals surface area contributed by atoms with Crippen molar-refractivity contribution >= 4 is 45.1 Å². The highest BCUT2D eigenvalue weighted by Gasteiger charge is 2.64. The maximum atomic E-state index is 15.7. The number of anilines is 1. The van der Waals surface area contributed by atoms with E-state index in [9.17, 15) is 36.3 Å². The van der Waals surface area contributed by atoms with Crippen LogP contribution in [0, 0.1) is 5.92 Å². The molecular weight excluding hydrogens is 809 g/mol. The Hall–Kier alpha value is -4.62. The van der Waals surface area contributed by atoms with Crippen molar-refractivity contribution < 1.29 is 60.0 Å². The van der Waals surface area contributed by atoms with Gasteiger partial charge >= 0.3 is 12.3 Å². The average molecular weight is 853 g/mol. The number of piperidine rings is 1. The molecule has 58 heavy (non-hydrogen) atoms. The smallest absolute Gasteiger partial charge is 0.497 e. The topological polar surface area (TPSA) is 155 Å². The maximum absolute atomic E-state index is 15.7. The molecule has 3 heterocycles. The van der Waals surface area contributed by atoms with Gasteiger partial charge in [0, 0.05) is 49.4 Å². The molecule has 3 aliphatic heterocycles. The number of sulfonamides is 1. The Balaban J connectivity index is 1.57. The summed E-state index contributed by atoms with van der Waals surface area (Å²) in [5.41, 5.74) is -1.84. The van der Waals surface area contributed by atoms with E-state index in [1.807, 2.05) is 0 Å². The van der Waals surface area contributed by atoms with Gasteiger partial charge in [-0.25, -0.2) is 12.7 Å². The molecule has 0 saturated carbocycles. The van der Waals surface area contributed by atoms with Crippen molar-refractivity contribution in [2.75, 3.05) is 58.9 Å². The van der Waals surface area contributed by atoms with Gasteiger partial charge < -0.3 is 29.0 Å². The molecule has 14 nitrogen and oxygen atoms in total. The number of aliphatic hydroxyl groups excluding tert-OH is 1. The summed E-state index contributed by atoms with van der Waals surface area (Å²) in [6.07, 6.45) is -5.56. The molecular formula is C39H44ClF3N4O10S. The molecule has 6 rings (SSSR count). The number of hydrogen-bond acceptors (Lipinski definition) is 12. The lowest BCUT2D eigenvalue weighted by atomic mass is 9.80. The molecule has 3 atom stereocenters. The van der Waals surface area contributed by atoms with Gasteiger partial charge in [0.15, 0.2) is 11.3 Å². The van der Waals surface area contributed by atoms with Crippen molar-refractivity contribution in [1.29, 1.82) is 0 Å². The van der Waals surface area contributed by atoms with Crippen LogP contribution in [-0.4, -0.2) is 119 Å². The summed E-state index contributed by atoms with van der Waals surface area (Å²) in [5.74, 6) is -3.43. The van der Waals surface area contributed by atoms with Gasteiger partial charge in [-0.3, -0.25) is 24.2 Å². The zero-order valence-corrected chi connectivity index (χ0v) is 34.0. The van der Waals surface area contributed by atoms with E-state index in [0.29, 0.717) is 42.3 Å². The van der Waals surface area contributed by atoms with E-state index in [2.05, 4.69) is 9.64 Å². The van der Waals surface area contributed by atoms with Crippen LogP contribution in [0.4, 0.5) is 18.9 Å². The van der Waals surface area contributed by atoms with Gasteiger partial charge in [0.2, 0.25) is 5.91 Å². The molecule has 3 aliphatic rings. The Bertz CT molecular complexity index is 2180. The van der Waals surface area contributed by atoms with Gasteiger partial charge in [-0.05, 0) is 87.3 Å². The van der Waals surface area contributed by atoms with Crippen LogP contribution in [0.1, 0.15) is 42.9 Å². The van der Waals surface area contributed by atoms with E-state index in [4.69, 9.17) is 25.8 Å². The number of carbonyl (C=O) groups excluding carboxylic acids is 3. The Kier molecular flexibility index (Phi) is 12.3. The lowest BCUT2D eigenvalue weighted by molar-refractivity contribution is -0.275. The fraction of sp³-hybridized carbons (Fsp3) is 0.462. The van der Waals surface area contributed by atoms with Gasteiger partial charge in [-0.1, -0.05) is 17.7 Å². The van der Waals surface area contributed by atoms with Crippen LogP contribution in [-0.2, 0) is 41.2 Å². The third-order valence-corrected chi connectivity index (χ3v) is 12.6. The first-order valence-electron chi connectivity index (χ1n) is 18.4. The SMILES string of the molecule is CCOC(=O)C1CCN(Cc2ccc(OC)c(C3(N4C[C@H](O)C[C@H]4C(=O)N(C)C)C(=O)N(S(=O)(=O)c4ccc(OC)cc4OC(F)(F)F)c4ccc(Cl)cc43)c2)CC1. The number of methoxy groups -OCH3 is 2. The number of ether oxygens (including phenoxy) is 4. The second-order valence-electron chi connectivity index (χ2n) is 14.4. The molecule has 0 spiro atoms. The van der Waals surface area contributed by atoms with E-state index < -0.39 is 56.5 Å². The van der Waals surface area contributed by atoms with Crippen molar-refractivity contribution in [2.45, 2.75) is 61.7 Å². The molecule has 0 aromatic heterocycles. The van der Waals surface area contributed by atoms with Crippen LogP contribution in [0.2, 0.25) is 5.02 Å². The number of hydrogen-bond donors (Lipinski definition) is 1. The highest BCUT2D eigenvalue weighted by atomic mass is 35.5. The molecule has 19 heteroatoms. The number of fused-ring (bicyclic) bond motifs is 1. The molecule has 0 aliphatic carbocycles. The minimum Gasteiger partial charge on any atom is -0.497 e. The second-order valence-corrected chi connectivity index (χ2v) is 16.6. The van der Waals surface area contributed by atoms with Gasteiger partial charge in [0.05, 0.1) is 44.6 Å². The Morgan fingerprint density at radius 3 is 2.31 bits per heavy atom. The Morgan fingerprint density at radius 2 is 1.69 bits per heavy atom. The lowest BCUT2D eigenvalue weighted by Gasteiger charge is -2.42. The number of alkyl halides is 3. The molecule has 3 aromatic rings. The molecule has 2 fully saturated rings. The van der Waals surface area contributed by atoms with E-state index in [1.165, 1.54) is 56.3 Å². The van der Waals surface area contributed by atoms with Gasteiger partial charge in [0.1, 0.15) is 16.4 Å². The Labute approximate surface area is 339 Å². The van der Waals surface area contributed by atoms with Crippen LogP contribution in [0.15, 0.2) is 59.5 Å².